The van der Waals surface area contributed by atoms with Gasteiger partial charge in [0.1, 0.15) is 11.3 Å². The van der Waals surface area contributed by atoms with Gasteiger partial charge in [-0.05, 0) is 20.3 Å². The molecule has 4 nitrogen and oxygen atoms in total. The Balaban J connectivity index is 2.90. The normalized spacial score (nSPS) is 20.5. The van der Waals surface area contributed by atoms with E-state index in [1.807, 2.05) is 6.92 Å². The van der Waals surface area contributed by atoms with Gasteiger partial charge in [-0.2, -0.15) is 0 Å². The van der Waals surface area contributed by atoms with Crippen molar-refractivity contribution >= 4 is 11.8 Å². The van der Waals surface area contributed by atoms with Crippen LogP contribution in [0.2, 0.25) is 0 Å². The fourth-order valence-electron chi connectivity index (χ4n) is 1.50. The first-order valence-corrected chi connectivity index (χ1v) is 5.22. The maximum Gasteiger partial charge on any atom is 0.345 e. The van der Waals surface area contributed by atoms with E-state index in [1.165, 1.54) is 0 Å². The number of carbonyl (C=O) groups is 2. The molecule has 0 aromatic carbocycles. The monoisotopic (exact) mass is 212 g/mol. The molecule has 1 rings (SSSR count). The van der Waals surface area contributed by atoms with Crippen LogP contribution in [0.3, 0.4) is 0 Å². The van der Waals surface area contributed by atoms with Gasteiger partial charge in [-0.25, -0.2) is 4.79 Å². The highest BCUT2D eigenvalue weighted by molar-refractivity contribution is 6.20. The third-order valence-electron chi connectivity index (χ3n) is 2.17. The van der Waals surface area contributed by atoms with E-state index < -0.39 is 12.1 Å². The second kappa shape index (κ2) is 4.96. The highest BCUT2D eigenvalue weighted by atomic mass is 16.5. The maximum absolute atomic E-state index is 11.6. The van der Waals surface area contributed by atoms with Gasteiger partial charge in [0.05, 0.1) is 6.61 Å². The van der Waals surface area contributed by atoms with Gasteiger partial charge in [0.2, 0.25) is 5.78 Å². The van der Waals surface area contributed by atoms with E-state index >= 15 is 0 Å². The van der Waals surface area contributed by atoms with Crippen molar-refractivity contribution in [3.05, 3.63) is 11.3 Å². The third kappa shape index (κ3) is 2.37. The van der Waals surface area contributed by atoms with Crippen LogP contribution in [0.4, 0.5) is 0 Å². The lowest BCUT2D eigenvalue weighted by Gasteiger charge is -2.04. The molecule has 1 aliphatic rings. The molecule has 0 bridgehead atoms. The molecular formula is C11H16O4. The van der Waals surface area contributed by atoms with Crippen LogP contribution >= 0.6 is 0 Å². The van der Waals surface area contributed by atoms with Crippen molar-refractivity contribution in [1.29, 1.82) is 0 Å². The maximum atomic E-state index is 11.6. The smallest absolute Gasteiger partial charge is 0.345 e. The molecule has 0 amide bonds. The van der Waals surface area contributed by atoms with Crippen LogP contribution in [0.1, 0.15) is 33.6 Å². The first-order valence-electron chi connectivity index (χ1n) is 5.22. The Morgan fingerprint density at radius 3 is 2.67 bits per heavy atom. The number of Topliss-reactive ketones (excluding diaryl/α,β-unsaturated/α-hetero) is 1. The summed E-state index contributed by atoms with van der Waals surface area (Å²) in [5.74, 6) is -0.347. The molecule has 0 aliphatic carbocycles. The molecule has 0 saturated heterocycles. The highest BCUT2D eigenvalue weighted by Gasteiger charge is 2.36. The zero-order chi connectivity index (χ0) is 11.4. The van der Waals surface area contributed by atoms with Crippen LogP contribution in [0.15, 0.2) is 11.3 Å². The molecule has 0 saturated carbocycles. The van der Waals surface area contributed by atoms with Gasteiger partial charge in [0.15, 0.2) is 6.10 Å². The summed E-state index contributed by atoms with van der Waals surface area (Å²) in [7, 11) is 0. The molecular weight excluding hydrogens is 196 g/mol. The Morgan fingerprint density at radius 2 is 2.13 bits per heavy atom. The Labute approximate surface area is 89.2 Å². The van der Waals surface area contributed by atoms with Crippen LogP contribution in [0.25, 0.3) is 0 Å². The first kappa shape index (κ1) is 11.8. The van der Waals surface area contributed by atoms with E-state index in [-0.39, 0.29) is 18.0 Å². The number of allylic oxidation sites excluding steroid dienone is 1. The Morgan fingerprint density at radius 1 is 1.47 bits per heavy atom. The Kier molecular flexibility index (Phi) is 3.88. The number of ether oxygens (including phenoxy) is 2. The predicted octanol–water partition coefficient (Wildman–Crippen LogP) is 1.59. The summed E-state index contributed by atoms with van der Waals surface area (Å²) in [5, 5.41) is 0. The molecule has 0 aromatic rings. The van der Waals surface area contributed by atoms with E-state index in [0.29, 0.717) is 12.2 Å². The van der Waals surface area contributed by atoms with Gasteiger partial charge in [-0.1, -0.05) is 6.92 Å². The number of carbonyl (C=O) groups excluding carboxylic acids is 2. The van der Waals surface area contributed by atoms with E-state index in [1.54, 1.807) is 13.8 Å². The van der Waals surface area contributed by atoms with Gasteiger partial charge in [0, 0.05) is 6.42 Å². The molecule has 1 unspecified atom stereocenters. The van der Waals surface area contributed by atoms with Gasteiger partial charge in [0.25, 0.3) is 0 Å². The summed E-state index contributed by atoms with van der Waals surface area (Å²) in [6.07, 6.45) is 0.883. The summed E-state index contributed by atoms with van der Waals surface area (Å²) in [6, 6.07) is 0. The van der Waals surface area contributed by atoms with Crippen molar-refractivity contribution in [3.63, 3.8) is 0 Å². The van der Waals surface area contributed by atoms with Crippen molar-refractivity contribution in [1.82, 2.24) is 0 Å². The fraction of sp³-hybridized carbons (Fsp3) is 0.636. The lowest BCUT2D eigenvalue weighted by Crippen LogP contribution is -2.19. The molecule has 4 heteroatoms. The SMILES string of the molecule is CCCC1=C(C(=O)OCC)C(=O)C(C)O1. The van der Waals surface area contributed by atoms with Crippen molar-refractivity contribution in [2.24, 2.45) is 0 Å². The molecule has 0 spiro atoms. The topological polar surface area (TPSA) is 52.6 Å². The van der Waals surface area contributed by atoms with Crippen LogP contribution < -0.4 is 0 Å². The average Bonchev–Trinajstić information content (AvgIpc) is 2.44. The molecule has 0 aromatic heterocycles. The molecule has 1 heterocycles. The van der Waals surface area contributed by atoms with Crippen molar-refractivity contribution in [2.75, 3.05) is 6.61 Å². The summed E-state index contributed by atoms with van der Waals surface area (Å²) in [6.45, 7) is 5.59. The molecule has 0 radical (unpaired) electrons. The van der Waals surface area contributed by atoms with Crippen LogP contribution in [-0.4, -0.2) is 24.5 Å². The number of ketones is 1. The minimum absolute atomic E-state index is 0.103. The van der Waals surface area contributed by atoms with E-state index in [9.17, 15) is 9.59 Å². The fourth-order valence-corrected chi connectivity index (χ4v) is 1.50. The third-order valence-corrected chi connectivity index (χ3v) is 2.17. The lowest BCUT2D eigenvalue weighted by atomic mass is 10.1. The lowest BCUT2D eigenvalue weighted by molar-refractivity contribution is -0.140. The van der Waals surface area contributed by atoms with E-state index in [2.05, 4.69) is 0 Å². The Bertz CT molecular complexity index is 304. The zero-order valence-electron chi connectivity index (χ0n) is 9.33. The van der Waals surface area contributed by atoms with E-state index in [4.69, 9.17) is 9.47 Å². The van der Waals surface area contributed by atoms with Crippen LogP contribution in [0, 0.1) is 0 Å². The molecule has 15 heavy (non-hydrogen) atoms. The van der Waals surface area contributed by atoms with Crippen molar-refractivity contribution < 1.29 is 19.1 Å². The van der Waals surface area contributed by atoms with Crippen molar-refractivity contribution in [3.8, 4) is 0 Å². The Hall–Kier alpha value is -1.32. The number of esters is 1. The standard InChI is InChI=1S/C11H16O4/c1-4-6-8-9(11(13)14-5-2)10(12)7(3)15-8/h7H,4-6H2,1-3H3. The van der Waals surface area contributed by atoms with Gasteiger partial charge in [-0.3, -0.25) is 4.79 Å². The predicted molar refractivity (Wildman–Crippen MR) is 54.1 cm³/mol. The summed E-state index contributed by atoms with van der Waals surface area (Å²) >= 11 is 0. The zero-order valence-corrected chi connectivity index (χ0v) is 9.33. The summed E-state index contributed by atoms with van der Waals surface area (Å²) in [4.78, 5) is 23.1. The first-order chi connectivity index (χ1) is 7.11. The molecule has 84 valence electrons. The second-order valence-electron chi connectivity index (χ2n) is 3.39. The van der Waals surface area contributed by atoms with Crippen molar-refractivity contribution in [2.45, 2.75) is 39.7 Å². The van der Waals surface area contributed by atoms with Gasteiger partial charge < -0.3 is 9.47 Å². The molecule has 1 atom stereocenters. The van der Waals surface area contributed by atoms with Crippen LogP contribution in [0.5, 0.6) is 0 Å². The number of rotatable bonds is 4. The van der Waals surface area contributed by atoms with Gasteiger partial charge >= 0.3 is 5.97 Å². The summed E-state index contributed by atoms with van der Waals surface area (Å²) < 4.78 is 10.1. The minimum Gasteiger partial charge on any atom is -0.486 e. The average molecular weight is 212 g/mol. The highest BCUT2D eigenvalue weighted by Crippen LogP contribution is 2.26. The van der Waals surface area contributed by atoms with E-state index in [0.717, 1.165) is 6.42 Å². The van der Waals surface area contributed by atoms with Gasteiger partial charge in [-0.15, -0.1) is 0 Å². The minimum atomic E-state index is -0.560. The molecule has 0 fully saturated rings. The number of hydrogen-bond acceptors (Lipinski definition) is 4. The second-order valence-corrected chi connectivity index (χ2v) is 3.39. The quantitative estimate of drug-likeness (QED) is 0.524. The number of hydrogen-bond donors (Lipinski definition) is 0. The molecule has 0 N–H and O–H groups in total. The summed E-state index contributed by atoms with van der Waals surface area (Å²) in [5.41, 5.74) is 0.103. The largest absolute Gasteiger partial charge is 0.486 e. The van der Waals surface area contributed by atoms with Crippen LogP contribution in [-0.2, 0) is 19.1 Å². The molecule has 1 aliphatic heterocycles.